The Kier molecular flexibility index (Phi) is 2.07. The van der Waals surface area contributed by atoms with Crippen LogP contribution in [0.3, 0.4) is 0 Å². The molecule has 0 aromatic carbocycles. The van der Waals surface area contributed by atoms with Crippen molar-refractivity contribution in [3.63, 3.8) is 0 Å². The largest absolute Gasteiger partial charge is 0.387 e. The fraction of sp³-hybridized carbons (Fsp3) is 0.667. The lowest BCUT2D eigenvalue weighted by molar-refractivity contribution is -0.1000. The molecule has 1 saturated heterocycles. The number of fused-ring (bicyclic) bond motifs is 1. The van der Waals surface area contributed by atoms with E-state index in [9.17, 15) is 19.4 Å². The Hall–Kier alpha value is -1.51. The molecule has 0 bridgehead atoms. The second kappa shape index (κ2) is 3.38. The third kappa shape index (κ3) is 1.16. The van der Waals surface area contributed by atoms with Crippen molar-refractivity contribution in [2.45, 2.75) is 42.5 Å². The monoisotopic (exact) mass is 283 g/mol. The molecule has 4 rings (SSSR count). The lowest BCUT2D eigenvalue weighted by Crippen LogP contribution is -2.38. The topological polar surface area (TPSA) is 111 Å². The number of ether oxygens (including phenoxy) is 1. The van der Waals surface area contributed by atoms with E-state index in [0.717, 1.165) is 17.4 Å². The standard InChI is InChI=1S/C12H14FN3O4/c13-7-8(16-4-3-6(14)15-10(16)18)20-12(5-1-2-5)9(17)11(7,12)19/h3-5,7-9,17,19H,1-2H2,(H2,14,15,18)/t7-,8+,9?,11+,12+/m0/s1. The van der Waals surface area contributed by atoms with Crippen LogP contribution < -0.4 is 11.4 Å². The van der Waals surface area contributed by atoms with Gasteiger partial charge in [0, 0.05) is 6.20 Å². The van der Waals surface area contributed by atoms with Crippen LogP contribution in [0.5, 0.6) is 0 Å². The van der Waals surface area contributed by atoms with Crippen LogP contribution >= 0.6 is 0 Å². The molecule has 1 aliphatic heterocycles. The smallest absolute Gasteiger partial charge is 0.351 e. The SMILES string of the molecule is Nc1ccn([C@@H]2O[C@]3(C4CC4)C(O)[C@]3(O)[C@H]2F)c(=O)n1. The molecule has 1 unspecified atom stereocenters. The normalized spacial score (nSPS) is 46.2. The number of aromatic nitrogens is 2. The number of alkyl halides is 1. The summed E-state index contributed by atoms with van der Waals surface area (Å²) in [6, 6.07) is 1.35. The zero-order chi connectivity index (χ0) is 14.3. The number of anilines is 1. The number of halogens is 1. The Morgan fingerprint density at radius 3 is 2.85 bits per heavy atom. The summed E-state index contributed by atoms with van der Waals surface area (Å²) in [4.78, 5) is 15.3. The van der Waals surface area contributed by atoms with Gasteiger partial charge in [-0.25, -0.2) is 9.18 Å². The molecule has 0 radical (unpaired) electrons. The molecule has 1 aromatic rings. The predicted octanol–water partition coefficient (Wildman–Crippen LogP) is -1.05. The van der Waals surface area contributed by atoms with Crippen molar-refractivity contribution in [1.29, 1.82) is 0 Å². The summed E-state index contributed by atoms with van der Waals surface area (Å²) in [6.45, 7) is 0. The van der Waals surface area contributed by atoms with E-state index in [1.165, 1.54) is 12.3 Å². The first-order chi connectivity index (χ1) is 9.43. The highest BCUT2D eigenvalue weighted by Gasteiger charge is 2.91. The molecule has 0 amide bonds. The molecule has 108 valence electrons. The van der Waals surface area contributed by atoms with Gasteiger partial charge in [0.05, 0.1) is 0 Å². The minimum atomic E-state index is -1.93. The summed E-state index contributed by atoms with van der Waals surface area (Å²) < 4.78 is 21.1. The van der Waals surface area contributed by atoms with Crippen LogP contribution in [0, 0.1) is 5.92 Å². The van der Waals surface area contributed by atoms with Gasteiger partial charge in [0.25, 0.3) is 0 Å². The maximum Gasteiger partial charge on any atom is 0.351 e. The maximum atomic E-state index is 14.5. The Morgan fingerprint density at radius 1 is 1.55 bits per heavy atom. The third-order valence-electron chi connectivity index (χ3n) is 4.66. The van der Waals surface area contributed by atoms with Gasteiger partial charge in [-0.2, -0.15) is 4.98 Å². The van der Waals surface area contributed by atoms with Gasteiger partial charge in [-0.3, -0.25) is 4.57 Å². The lowest BCUT2D eigenvalue weighted by atomic mass is 10.1. The maximum absolute atomic E-state index is 14.5. The summed E-state index contributed by atoms with van der Waals surface area (Å²) in [5.41, 5.74) is 1.42. The number of nitrogen functional groups attached to an aromatic ring is 1. The van der Waals surface area contributed by atoms with Crippen molar-refractivity contribution in [2.75, 3.05) is 5.73 Å². The van der Waals surface area contributed by atoms with Gasteiger partial charge < -0.3 is 20.7 Å². The van der Waals surface area contributed by atoms with Crippen LogP contribution in [0.25, 0.3) is 0 Å². The molecule has 2 heterocycles. The molecule has 7 nitrogen and oxygen atoms in total. The van der Waals surface area contributed by atoms with Crippen LogP contribution in [0.2, 0.25) is 0 Å². The Balaban J connectivity index is 1.74. The van der Waals surface area contributed by atoms with E-state index in [-0.39, 0.29) is 11.7 Å². The molecular formula is C12H14FN3O4. The summed E-state index contributed by atoms with van der Waals surface area (Å²) in [7, 11) is 0. The molecule has 8 heteroatoms. The zero-order valence-corrected chi connectivity index (χ0v) is 10.4. The number of aliphatic hydroxyl groups is 2. The highest BCUT2D eigenvalue weighted by Crippen LogP contribution is 2.70. The average molecular weight is 283 g/mol. The fourth-order valence-corrected chi connectivity index (χ4v) is 3.44. The number of hydrogen-bond acceptors (Lipinski definition) is 6. The van der Waals surface area contributed by atoms with Gasteiger partial charge in [-0.1, -0.05) is 0 Å². The Bertz CT molecular complexity index is 648. The van der Waals surface area contributed by atoms with Crippen LogP contribution in [0.15, 0.2) is 17.1 Å². The zero-order valence-electron chi connectivity index (χ0n) is 10.4. The molecule has 3 aliphatic rings. The fourth-order valence-electron chi connectivity index (χ4n) is 3.44. The van der Waals surface area contributed by atoms with E-state index in [1.807, 2.05) is 0 Å². The van der Waals surface area contributed by atoms with Gasteiger partial charge in [-0.15, -0.1) is 0 Å². The average Bonchev–Trinajstić information content (AvgIpc) is 3.28. The molecule has 0 spiro atoms. The number of hydrogen-bond donors (Lipinski definition) is 3. The first-order valence-electron chi connectivity index (χ1n) is 6.50. The molecule has 2 aliphatic carbocycles. The van der Waals surface area contributed by atoms with Crippen LogP contribution in [0.4, 0.5) is 10.2 Å². The third-order valence-corrected chi connectivity index (χ3v) is 4.66. The minimum absolute atomic E-state index is 0.0282. The molecule has 5 atom stereocenters. The molecule has 3 fully saturated rings. The first kappa shape index (κ1) is 12.2. The molecular weight excluding hydrogens is 269 g/mol. The summed E-state index contributed by atoms with van der Waals surface area (Å²) >= 11 is 0. The minimum Gasteiger partial charge on any atom is -0.387 e. The Labute approximate surface area is 112 Å². The molecule has 4 N–H and O–H groups in total. The van der Waals surface area contributed by atoms with Crippen molar-refractivity contribution in [2.24, 2.45) is 5.92 Å². The predicted molar refractivity (Wildman–Crippen MR) is 64.3 cm³/mol. The highest BCUT2D eigenvalue weighted by atomic mass is 19.1. The van der Waals surface area contributed by atoms with Crippen LogP contribution in [-0.4, -0.2) is 43.2 Å². The molecule has 1 aromatic heterocycles. The van der Waals surface area contributed by atoms with E-state index < -0.39 is 35.4 Å². The van der Waals surface area contributed by atoms with E-state index in [2.05, 4.69) is 4.98 Å². The highest BCUT2D eigenvalue weighted by molar-refractivity contribution is 5.39. The van der Waals surface area contributed by atoms with Crippen LogP contribution in [-0.2, 0) is 4.74 Å². The van der Waals surface area contributed by atoms with Crippen molar-refractivity contribution in [3.8, 4) is 0 Å². The van der Waals surface area contributed by atoms with Gasteiger partial charge in [0.15, 0.2) is 18.0 Å². The van der Waals surface area contributed by atoms with Crippen molar-refractivity contribution >= 4 is 5.82 Å². The van der Waals surface area contributed by atoms with E-state index >= 15 is 0 Å². The number of aliphatic hydroxyl groups excluding tert-OH is 1. The van der Waals surface area contributed by atoms with E-state index in [4.69, 9.17) is 10.5 Å². The number of nitrogens with zero attached hydrogens (tertiary/aromatic N) is 2. The molecule has 2 saturated carbocycles. The Morgan fingerprint density at radius 2 is 2.25 bits per heavy atom. The van der Waals surface area contributed by atoms with Gasteiger partial charge in [-0.05, 0) is 24.8 Å². The summed E-state index contributed by atoms with van der Waals surface area (Å²) in [5, 5.41) is 20.2. The van der Waals surface area contributed by atoms with Crippen molar-refractivity contribution < 1.29 is 19.3 Å². The number of nitrogens with two attached hydrogens (primary N) is 1. The van der Waals surface area contributed by atoms with Gasteiger partial charge >= 0.3 is 5.69 Å². The van der Waals surface area contributed by atoms with Crippen molar-refractivity contribution in [1.82, 2.24) is 9.55 Å². The van der Waals surface area contributed by atoms with Crippen molar-refractivity contribution in [3.05, 3.63) is 22.7 Å². The lowest BCUT2D eigenvalue weighted by Gasteiger charge is -2.22. The second-order valence-electron chi connectivity index (χ2n) is 5.75. The number of rotatable bonds is 2. The van der Waals surface area contributed by atoms with E-state index in [0.29, 0.717) is 0 Å². The van der Waals surface area contributed by atoms with Gasteiger partial charge in [0.2, 0.25) is 0 Å². The van der Waals surface area contributed by atoms with E-state index in [1.54, 1.807) is 0 Å². The van der Waals surface area contributed by atoms with Gasteiger partial charge in [0.1, 0.15) is 17.5 Å². The molecule has 20 heavy (non-hydrogen) atoms. The van der Waals surface area contributed by atoms with Crippen LogP contribution in [0.1, 0.15) is 19.1 Å². The second-order valence-corrected chi connectivity index (χ2v) is 5.75. The first-order valence-corrected chi connectivity index (χ1v) is 6.50. The summed E-state index contributed by atoms with van der Waals surface area (Å²) in [6.07, 6.45) is -1.60. The summed E-state index contributed by atoms with van der Waals surface area (Å²) in [5.74, 6) is -0.0383. The quantitative estimate of drug-likeness (QED) is 0.638.